The second-order valence-electron chi connectivity index (χ2n) is 3.60. The third-order valence-corrected chi connectivity index (χ3v) is 2.31. The zero-order chi connectivity index (χ0) is 14.0. The topological polar surface area (TPSA) is 46.5 Å². The van der Waals surface area contributed by atoms with E-state index in [0.717, 1.165) is 30.3 Å². The summed E-state index contributed by atoms with van der Waals surface area (Å²) in [5.74, 6) is -5.54. The minimum Gasteiger partial charge on any atom is -0.478 e. The summed E-state index contributed by atoms with van der Waals surface area (Å²) in [6.45, 7) is 0. The lowest BCUT2D eigenvalue weighted by molar-refractivity contribution is 0.0696. The Labute approximate surface area is 105 Å². The number of carboxylic acids is 1. The van der Waals surface area contributed by atoms with Crippen LogP contribution in [0, 0.1) is 17.5 Å². The average molecular weight is 268 g/mol. The Morgan fingerprint density at radius 2 is 1.74 bits per heavy atom. The van der Waals surface area contributed by atoms with Crippen LogP contribution >= 0.6 is 0 Å². The van der Waals surface area contributed by atoms with Crippen molar-refractivity contribution >= 4 is 5.97 Å². The van der Waals surface area contributed by atoms with Crippen molar-refractivity contribution in [3.05, 3.63) is 59.4 Å². The van der Waals surface area contributed by atoms with Crippen LogP contribution in [0.2, 0.25) is 0 Å². The molecule has 2 aromatic rings. The lowest BCUT2D eigenvalue weighted by Gasteiger charge is -2.08. The molecule has 0 amide bonds. The number of carbonyl (C=O) groups is 1. The van der Waals surface area contributed by atoms with E-state index in [2.05, 4.69) is 0 Å². The lowest BCUT2D eigenvalue weighted by Crippen LogP contribution is -1.99. The molecule has 0 unspecified atom stereocenters. The molecule has 98 valence electrons. The molecule has 0 bridgehead atoms. The Bertz CT molecular complexity index is 641. The fraction of sp³-hybridized carbons (Fsp3) is 0. The lowest BCUT2D eigenvalue weighted by atomic mass is 10.2. The fourth-order valence-corrected chi connectivity index (χ4v) is 1.40. The van der Waals surface area contributed by atoms with Crippen molar-refractivity contribution in [3.8, 4) is 11.5 Å². The number of halogens is 3. The average Bonchev–Trinajstić information content (AvgIpc) is 2.37. The Morgan fingerprint density at radius 3 is 2.37 bits per heavy atom. The maximum atomic E-state index is 13.5. The molecule has 0 saturated heterocycles. The van der Waals surface area contributed by atoms with Crippen LogP contribution in [0.4, 0.5) is 13.2 Å². The zero-order valence-corrected chi connectivity index (χ0v) is 9.36. The highest BCUT2D eigenvalue weighted by Crippen LogP contribution is 2.28. The molecule has 0 aliphatic rings. The summed E-state index contributed by atoms with van der Waals surface area (Å²) in [6, 6.07) is 6.09. The molecule has 0 atom stereocenters. The fourth-order valence-electron chi connectivity index (χ4n) is 1.40. The molecule has 0 aromatic heterocycles. The van der Waals surface area contributed by atoms with E-state index in [4.69, 9.17) is 9.84 Å². The van der Waals surface area contributed by atoms with Gasteiger partial charge in [0.15, 0.2) is 23.1 Å². The number of benzene rings is 2. The zero-order valence-electron chi connectivity index (χ0n) is 9.36. The molecule has 0 aliphatic heterocycles. The summed E-state index contributed by atoms with van der Waals surface area (Å²) in [4.78, 5) is 10.6. The van der Waals surface area contributed by atoms with Gasteiger partial charge in [0, 0.05) is 0 Å². The van der Waals surface area contributed by atoms with E-state index in [1.54, 1.807) is 0 Å². The molecule has 0 aliphatic carbocycles. The van der Waals surface area contributed by atoms with Crippen molar-refractivity contribution in [2.24, 2.45) is 0 Å². The monoisotopic (exact) mass is 268 g/mol. The maximum Gasteiger partial charge on any atom is 0.335 e. The minimum absolute atomic E-state index is 0.274. The van der Waals surface area contributed by atoms with Crippen LogP contribution in [0.15, 0.2) is 36.4 Å². The number of aromatic carboxylic acids is 1. The molecule has 0 radical (unpaired) electrons. The van der Waals surface area contributed by atoms with Gasteiger partial charge in [-0.05, 0) is 30.3 Å². The Kier molecular flexibility index (Phi) is 3.41. The summed E-state index contributed by atoms with van der Waals surface area (Å²) in [6.07, 6.45) is 0. The number of hydrogen-bond donors (Lipinski definition) is 1. The Morgan fingerprint density at radius 1 is 1.00 bits per heavy atom. The number of carboxylic acid groups (broad SMARTS) is 1. The highest BCUT2D eigenvalue weighted by Gasteiger charge is 2.13. The van der Waals surface area contributed by atoms with Crippen LogP contribution < -0.4 is 4.74 Å². The van der Waals surface area contributed by atoms with E-state index in [1.165, 1.54) is 6.07 Å². The predicted octanol–water partition coefficient (Wildman–Crippen LogP) is 3.59. The highest BCUT2D eigenvalue weighted by atomic mass is 19.2. The first-order valence-electron chi connectivity index (χ1n) is 5.13. The van der Waals surface area contributed by atoms with Gasteiger partial charge in [-0.2, -0.15) is 4.39 Å². The molecule has 1 N–H and O–H groups in total. The molecule has 19 heavy (non-hydrogen) atoms. The van der Waals surface area contributed by atoms with E-state index in [1.807, 2.05) is 0 Å². The summed E-state index contributed by atoms with van der Waals surface area (Å²) in [5.41, 5.74) is -0.274. The Hall–Kier alpha value is -2.50. The van der Waals surface area contributed by atoms with Crippen LogP contribution in [0.5, 0.6) is 11.5 Å². The predicted molar refractivity (Wildman–Crippen MR) is 59.8 cm³/mol. The molecular weight excluding hydrogens is 261 g/mol. The molecule has 0 heterocycles. The largest absolute Gasteiger partial charge is 0.478 e. The van der Waals surface area contributed by atoms with E-state index in [9.17, 15) is 18.0 Å². The molecule has 2 rings (SSSR count). The van der Waals surface area contributed by atoms with E-state index in [0.29, 0.717) is 0 Å². The van der Waals surface area contributed by atoms with Crippen LogP contribution in [-0.4, -0.2) is 11.1 Å². The van der Waals surface area contributed by atoms with Crippen LogP contribution in [0.1, 0.15) is 10.4 Å². The maximum absolute atomic E-state index is 13.5. The smallest absolute Gasteiger partial charge is 0.335 e. The molecule has 6 heteroatoms. The molecule has 0 fully saturated rings. The van der Waals surface area contributed by atoms with Gasteiger partial charge in [0.05, 0.1) is 5.56 Å². The quantitative estimate of drug-likeness (QED) is 0.925. The van der Waals surface area contributed by atoms with Crippen molar-refractivity contribution in [1.29, 1.82) is 0 Å². The Balaban J connectivity index is 2.34. The summed E-state index contributed by atoms with van der Waals surface area (Å²) in [5, 5.41) is 8.65. The van der Waals surface area contributed by atoms with Crippen LogP contribution in [0.3, 0.4) is 0 Å². The first-order chi connectivity index (χ1) is 8.99. The van der Waals surface area contributed by atoms with Gasteiger partial charge in [-0.3, -0.25) is 0 Å². The van der Waals surface area contributed by atoms with Gasteiger partial charge in [0.2, 0.25) is 5.82 Å². The molecule has 3 nitrogen and oxygen atoms in total. The van der Waals surface area contributed by atoms with Crippen molar-refractivity contribution in [3.63, 3.8) is 0 Å². The van der Waals surface area contributed by atoms with Gasteiger partial charge in [0.25, 0.3) is 0 Å². The number of rotatable bonds is 3. The number of ether oxygens (including phenoxy) is 1. The van der Waals surface area contributed by atoms with Crippen molar-refractivity contribution in [1.82, 2.24) is 0 Å². The minimum atomic E-state index is -1.30. The second kappa shape index (κ2) is 5.01. The molecular formula is C13H7F3O3. The number of hydrogen-bond acceptors (Lipinski definition) is 2. The van der Waals surface area contributed by atoms with E-state index < -0.39 is 34.9 Å². The molecule has 0 saturated carbocycles. The van der Waals surface area contributed by atoms with Crippen molar-refractivity contribution < 1.29 is 27.8 Å². The third-order valence-electron chi connectivity index (χ3n) is 2.31. The highest BCUT2D eigenvalue weighted by molar-refractivity contribution is 5.87. The van der Waals surface area contributed by atoms with Gasteiger partial charge in [-0.1, -0.05) is 6.07 Å². The first kappa shape index (κ1) is 12.9. The van der Waals surface area contributed by atoms with Gasteiger partial charge >= 0.3 is 5.97 Å². The summed E-state index contributed by atoms with van der Waals surface area (Å²) in [7, 11) is 0. The summed E-state index contributed by atoms with van der Waals surface area (Å²) >= 11 is 0. The molecule has 0 spiro atoms. The van der Waals surface area contributed by atoms with Crippen LogP contribution in [-0.2, 0) is 0 Å². The third kappa shape index (κ3) is 2.67. The normalized spacial score (nSPS) is 10.3. The first-order valence-corrected chi connectivity index (χ1v) is 5.13. The van der Waals surface area contributed by atoms with Gasteiger partial charge in [-0.25, -0.2) is 13.6 Å². The van der Waals surface area contributed by atoms with E-state index >= 15 is 0 Å². The second-order valence-corrected chi connectivity index (χ2v) is 3.60. The molecule has 2 aromatic carbocycles. The van der Waals surface area contributed by atoms with Gasteiger partial charge in [0.1, 0.15) is 0 Å². The van der Waals surface area contributed by atoms with Crippen LogP contribution in [0.25, 0.3) is 0 Å². The van der Waals surface area contributed by atoms with Crippen molar-refractivity contribution in [2.75, 3.05) is 0 Å². The summed E-state index contributed by atoms with van der Waals surface area (Å²) < 4.78 is 44.6. The van der Waals surface area contributed by atoms with E-state index in [-0.39, 0.29) is 5.56 Å². The van der Waals surface area contributed by atoms with Gasteiger partial charge in [-0.15, -0.1) is 0 Å². The standard InChI is InChI=1S/C13H7F3O3/c14-8-2-1-3-11(12(8)16)19-10-5-4-7(13(17)18)6-9(10)15/h1-6H,(H,17,18). The SMILES string of the molecule is O=C(O)c1ccc(Oc2cccc(F)c2F)c(F)c1. The van der Waals surface area contributed by atoms with Crippen molar-refractivity contribution in [2.45, 2.75) is 0 Å². The van der Waals surface area contributed by atoms with Gasteiger partial charge < -0.3 is 9.84 Å².